The number of amides is 2. The highest BCUT2D eigenvalue weighted by atomic mass is 35.5. The number of halogens is 1. The summed E-state index contributed by atoms with van der Waals surface area (Å²) in [4.78, 5) is 34.5. The van der Waals surface area contributed by atoms with Gasteiger partial charge in [0.25, 0.3) is 5.91 Å². The molecule has 0 saturated heterocycles. The summed E-state index contributed by atoms with van der Waals surface area (Å²) in [6, 6.07) is 12.7. The monoisotopic (exact) mass is 346 g/mol. The molecule has 0 fully saturated rings. The van der Waals surface area contributed by atoms with Crippen LogP contribution < -0.4 is 10.6 Å². The number of ether oxygens (including phenoxy) is 1. The Kier molecular flexibility index (Phi) is 5.92. The summed E-state index contributed by atoms with van der Waals surface area (Å²) in [5.41, 5.74) is 1.41. The summed E-state index contributed by atoms with van der Waals surface area (Å²) in [6.07, 6.45) is 0. The average Bonchev–Trinajstić information content (AvgIpc) is 2.55. The van der Waals surface area contributed by atoms with Crippen LogP contribution in [0.15, 0.2) is 48.5 Å². The van der Waals surface area contributed by atoms with Crippen LogP contribution in [0.4, 0.5) is 11.4 Å². The van der Waals surface area contributed by atoms with E-state index in [0.29, 0.717) is 16.4 Å². The fourth-order valence-electron chi connectivity index (χ4n) is 1.84. The van der Waals surface area contributed by atoms with Crippen LogP contribution in [0.5, 0.6) is 0 Å². The molecule has 0 radical (unpaired) electrons. The molecular formula is C17H15ClN2O4. The van der Waals surface area contributed by atoms with Gasteiger partial charge in [0.1, 0.15) is 0 Å². The van der Waals surface area contributed by atoms with Gasteiger partial charge in [-0.2, -0.15) is 0 Å². The Balaban J connectivity index is 1.84. The first kappa shape index (κ1) is 17.5. The fraction of sp³-hybridized carbons (Fsp3) is 0.118. The first-order valence-electron chi connectivity index (χ1n) is 7.04. The lowest BCUT2D eigenvalue weighted by Gasteiger charge is -2.07. The zero-order valence-corrected chi connectivity index (χ0v) is 13.6. The van der Waals surface area contributed by atoms with Gasteiger partial charge in [0.2, 0.25) is 5.91 Å². The molecule has 0 heterocycles. The first-order chi connectivity index (χ1) is 11.4. The van der Waals surface area contributed by atoms with Crippen LogP contribution in [0.25, 0.3) is 0 Å². The van der Waals surface area contributed by atoms with Crippen molar-refractivity contribution in [1.82, 2.24) is 0 Å². The minimum Gasteiger partial charge on any atom is -0.452 e. The Morgan fingerprint density at radius 2 is 1.46 bits per heavy atom. The van der Waals surface area contributed by atoms with Crippen LogP contribution in [0, 0.1) is 0 Å². The Hall–Kier alpha value is -2.86. The molecule has 2 rings (SSSR count). The highest BCUT2D eigenvalue weighted by Crippen LogP contribution is 2.13. The van der Waals surface area contributed by atoms with Gasteiger partial charge in [-0.05, 0) is 48.5 Å². The van der Waals surface area contributed by atoms with Crippen molar-refractivity contribution in [1.29, 1.82) is 0 Å². The van der Waals surface area contributed by atoms with E-state index in [-0.39, 0.29) is 11.5 Å². The molecule has 0 saturated carbocycles. The van der Waals surface area contributed by atoms with Crippen molar-refractivity contribution in [2.75, 3.05) is 17.2 Å². The predicted molar refractivity (Wildman–Crippen MR) is 91.1 cm³/mol. The molecule has 24 heavy (non-hydrogen) atoms. The number of rotatable bonds is 5. The van der Waals surface area contributed by atoms with Gasteiger partial charge in [-0.15, -0.1) is 0 Å². The van der Waals surface area contributed by atoms with Gasteiger partial charge in [0, 0.05) is 23.3 Å². The van der Waals surface area contributed by atoms with Gasteiger partial charge in [-0.3, -0.25) is 9.59 Å². The van der Waals surface area contributed by atoms with E-state index in [1.165, 1.54) is 19.1 Å². The Labute approximate surface area is 143 Å². The van der Waals surface area contributed by atoms with Crippen molar-refractivity contribution in [2.24, 2.45) is 0 Å². The quantitative estimate of drug-likeness (QED) is 0.815. The van der Waals surface area contributed by atoms with E-state index >= 15 is 0 Å². The van der Waals surface area contributed by atoms with Gasteiger partial charge in [0.05, 0.1) is 5.56 Å². The molecule has 0 aliphatic carbocycles. The third kappa shape index (κ3) is 5.40. The van der Waals surface area contributed by atoms with E-state index in [0.717, 1.165) is 0 Å². The molecule has 0 aliphatic rings. The molecule has 0 bridgehead atoms. The van der Waals surface area contributed by atoms with Crippen LogP contribution in [0.2, 0.25) is 5.02 Å². The molecule has 2 amide bonds. The molecule has 0 unspecified atom stereocenters. The highest BCUT2D eigenvalue weighted by Gasteiger charge is 2.10. The van der Waals surface area contributed by atoms with Crippen LogP contribution >= 0.6 is 11.6 Å². The third-order valence-electron chi connectivity index (χ3n) is 2.90. The van der Waals surface area contributed by atoms with Crippen LogP contribution in [0.3, 0.4) is 0 Å². The summed E-state index contributed by atoms with van der Waals surface area (Å²) < 4.78 is 4.94. The summed E-state index contributed by atoms with van der Waals surface area (Å²) in [7, 11) is 0. The minimum atomic E-state index is -0.629. The number of hydrogen-bond acceptors (Lipinski definition) is 4. The molecule has 0 atom stereocenters. The lowest BCUT2D eigenvalue weighted by molar-refractivity contribution is -0.119. The third-order valence-corrected chi connectivity index (χ3v) is 3.16. The minimum absolute atomic E-state index is 0.204. The topological polar surface area (TPSA) is 84.5 Å². The van der Waals surface area contributed by atoms with Crippen molar-refractivity contribution in [3.63, 3.8) is 0 Å². The normalized spacial score (nSPS) is 9.92. The lowest BCUT2D eigenvalue weighted by Crippen LogP contribution is -2.20. The summed E-state index contributed by atoms with van der Waals surface area (Å²) in [5.74, 6) is -1.29. The summed E-state index contributed by atoms with van der Waals surface area (Å²) in [6.45, 7) is 0.983. The molecule has 0 spiro atoms. The zero-order chi connectivity index (χ0) is 17.5. The van der Waals surface area contributed by atoms with Crippen molar-refractivity contribution in [3.05, 3.63) is 59.1 Å². The Bertz CT molecular complexity index is 742. The molecule has 7 heteroatoms. The maximum absolute atomic E-state index is 11.9. The summed E-state index contributed by atoms with van der Waals surface area (Å²) in [5, 5.41) is 5.73. The van der Waals surface area contributed by atoms with E-state index in [1.54, 1.807) is 36.4 Å². The molecule has 2 aromatic carbocycles. The van der Waals surface area contributed by atoms with Gasteiger partial charge in [0.15, 0.2) is 6.61 Å². The predicted octanol–water partition coefficient (Wildman–Crippen LogP) is 3.09. The van der Waals surface area contributed by atoms with E-state index < -0.39 is 18.5 Å². The Morgan fingerprint density at radius 3 is 2.04 bits per heavy atom. The molecular weight excluding hydrogens is 332 g/mol. The van der Waals surface area contributed by atoms with E-state index in [4.69, 9.17) is 16.3 Å². The van der Waals surface area contributed by atoms with Gasteiger partial charge < -0.3 is 15.4 Å². The van der Waals surface area contributed by atoms with E-state index in [1.807, 2.05) is 0 Å². The molecule has 6 nitrogen and oxygen atoms in total. The van der Waals surface area contributed by atoms with Crippen molar-refractivity contribution >= 4 is 40.8 Å². The van der Waals surface area contributed by atoms with Crippen LogP contribution in [-0.2, 0) is 14.3 Å². The van der Waals surface area contributed by atoms with Gasteiger partial charge in [-0.25, -0.2) is 4.79 Å². The second kappa shape index (κ2) is 8.12. The Morgan fingerprint density at radius 1 is 0.917 bits per heavy atom. The summed E-state index contributed by atoms with van der Waals surface area (Å²) >= 11 is 5.75. The first-order valence-corrected chi connectivity index (χ1v) is 7.42. The fourth-order valence-corrected chi connectivity index (χ4v) is 1.96. The maximum atomic E-state index is 11.9. The van der Waals surface area contributed by atoms with Gasteiger partial charge >= 0.3 is 5.97 Å². The van der Waals surface area contributed by atoms with Crippen molar-refractivity contribution in [2.45, 2.75) is 6.92 Å². The standard InChI is InChI=1S/C17H15ClN2O4/c1-11(21)19-14-6-2-12(3-7-14)17(23)24-10-16(22)20-15-8-4-13(18)5-9-15/h2-9H,10H2,1H3,(H,19,21)(H,20,22). The molecule has 2 aromatic rings. The second-order valence-corrected chi connectivity index (χ2v) is 5.33. The molecule has 0 aliphatic heterocycles. The smallest absolute Gasteiger partial charge is 0.338 e. The molecule has 124 valence electrons. The number of carbonyl (C=O) groups is 3. The number of benzene rings is 2. The number of esters is 1. The van der Waals surface area contributed by atoms with Crippen LogP contribution in [0.1, 0.15) is 17.3 Å². The molecule has 0 aromatic heterocycles. The van der Waals surface area contributed by atoms with Gasteiger partial charge in [-0.1, -0.05) is 11.6 Å². The second-order valence-electron chi connectivity index (χ2n) is 4.89. The van der Waals surface area contributed by atoms with Crippen LogP contribution in [-0.4, -0.2) is 24.4 Å². The highest BCUT2D eigenvalue weighted by molar-refractivity contribution is 6.30. The lowest BCUT2D eigenvalue weighted by atomic mass is 10.2. The van der Waals surface area contributed by atoms with E-state index in [2.05, 4.69) is 10.6 Å². The number of hydrogen-bond donors (Lipinski definition) is 2. The average molecular weight is 347 g/mol. The maximum Gasteiger partial charge on any atom is 0.338 e. The largest absolute Gasteiger partial charge is 0.452 e. The molecule has 2 N–H and O–H groups in total. The zero-order valence-electron chi connectivity index (χ0n) is 12.8. The number of carbonyl (C=O) groups excluding carboxylic acids is 3. The SMILES string of the molecule is CC(=O)Nc1ccc(C(=O)OCC(=O)Nc2ccc(Cl)cc2)cc1. The van der Waals surface area contributed by atoms with E-state index in [9.17, 15) is 14.4 Å². The number of nitrogens with one attached hydrogen (secondary N) is 2. The van der Waals surface area contributed by atoms with Crippen molar-refractivity contribution < 1.29 is 19.1 Å². The number of anilines is 2. The van der Waals surface area contributed by atoms with Crippen molar-refractivity contribution in [3.8, 4) is 0 Å².